The summed E-state index contributed by atoms with van der Waals surface area (Å²) in [7, 11) is -0.916. The summed E-state index contributed by atoms with van der Waals surface area (Å²) in [5, 5.41) is 0. The van der Waals surface area contributed by atoms with Gasteiger partial charge in [0.25, 0.3) is 0 Å². The third-order valence-electron chi connectivity index (χ3n) is 1.47. The summed E-state index contributed by atoms with van der Waals surface area (Å²) in [6.07, 6.45) is 1.93. The van der Waals surface area contributed by atoms with Crippen molar-refractivity contribution in [3.8, 4) is 0 Å². The highest BCUT2D eigenvalue weighted by Crippen LogP contribution is 2.04. The maximum atomic E-state index is 10.6. The molecule has 0 rings (SSSR count). The van der Waals surface area contributed by atoms with Crippen LogP contribution >= 0.6 is 0 Å². The fourth-order valence-electron chi connectivity index (χ4n) is 0.479. The minimum Gasteiger partial charge on any atom is -0.368 e. The van der Waals surface area contributed by atoms with Gasteiger partial charge in [0, 0.05) is 22.8 Å². The van der Waals surface area contributed by atoms with Gasteiger partial charge in [-0.2, -0.15) is 0 Å². The van der Waals surface area contributed by atoms with Crippen LogP contribution < -0.4 is 11.5 Å². The molecule has 11 heavy (non-hydrogen) atoms. The number of hydrogen-bond donors (Lipinski definition) is 2. The monoisotopic (exact) mass is 178 g/mol. The Hall–Kier alpha value is -0.420. The molecule has 4 nitrogen and oxygen atoms in total. The third kappa shape index (κ3) is 4.10. The van der Waals surface area contributed by atoms with Crippen LogP contribution in [0.1, 0.15) is 13.3 Å². The number of carbonyl (C=O) groups excluding carboxylic acids is 1. The van der Waals surface area contributed by atoms with E-state index in [0.29, 0.717) is 12.2 Å². The summed E-state index contributed by atoms with van der Waals surface area (Å²) in [6, 6.07) is 0. The van der Waals surface area contributed by atoms with Crippen LogP contribution in [0.5, 0.6) is 0 Å². The summed E-state index contributed by atoms with van der Waals surface area (Å²) in [4.78, 5) is 10.6. The number of rotatable bonds is 4. The van der Waals surface area contributed by atoms with E-state index in [1.807, 2.05) is 0 Å². The minimum absolute atomic E-state index is 0.367. The number of amides is 1. The van der Waals surface area contributed by atoms with Crippen LogP contribution in [0, 0.1) is 0 Å². The van der Waals surface area contributed by atoms with E-state index in [1.165, 1.54) is 0 Å². The van der Waals surface area contributed by atoms with Crippen molar-refractivity contribution in [3.63, 3.8) is 0 Å². The van der Waals surface area contributed by atoms with Crippen molar-refractivity contribution in [3.05, 3.63) is 0 Å². The zero-order valence-corrected chi connectivity index (χ0v) is 7.61. The van der Waals surface area contributed by atoms with E-state index in [9.17, 15) is 9.00 Å². The summed E-state index contributed by atoms with van der Waals surface area (Å²) >= 11 is 0. The quantitative estimate of drug-likeness (QED) is 0.576. The first-order chi connectivity index (χ1) is 4.86. The van der Waals surface area contributed by atoms with Crippen molar-refractivity contribution < 1.29 is 9.00 Å². The Balaban J connectivity index is 3.92. The Kier molecular flexibility index (Phi) is 3.68. The first-order valence-electron chi connectivity index (χ1n) is 3.25. The lowest BCUT2D eigenvalue weighted by Crippen LogP contribution is -2.50. The van der Waals surface area contributed by atoms with E-state index >= 15 is 0 Å². The van der Waals surface area contributed by atoms with Gasteiger partial charge in [-0.1, -0.05) is 0 Å². The SMILES string of the molecule is CS(=O)CCC(C)(N)C(N)=O. The van der Waals surface area contributed by atoms with Crippen LogP contribution in [0.25, 0.3) is 0 Å². The molecule has 0 saturated carbocycles. The first-order valence-corrected chi connectivity index (χ1v) is 4.98. The average Bonchev–Trinajstić information content (AvgIpc) is 1.84. The highest BCUT2D eigenvalue weighted by atomic mass is 32.2. The lowest BCUT2D eigenvalue weighted by Gasteiger charge is -2.18. The number of primary amides is 1. The second kappa shape index (κ2) is 3.82. The van der Waals surface area contributed by atoms with E-state index in [2.05, 4.69) is 0 Å². The first kappa shape index (κ1) is 10.6. The molecule has 0 aliphatic carbocycles. The molecular weight excluding hydrogens is 164 g/mol. The molecule has 0 aromatic carbocycles. The Bertz CT molecular complexity index is 179. The van der Waals surface area contributed by atoms with E-state index in [1.54, 1.807) is 13.2 Å². The number of hydrogen-bond acceptors (Lipinski definition) is 3. The minimum atomic E-state index is -1.02. The Morgan fingerprint density at radius 2 is 2.09 bits per heavy atom. The molecule has 66 valence electrons. The summed E-state index contributed by atoms with van der Waals surface area (Å²) in [6.45, 7) is 1.54. The normalized spacial score (nSPS) is 18.8. The molecule has 4 N–H and O–H groups in total. The van der Waals surface area contributed by atoms with E-state index in [-0.39, 0.29) is 0 Å². The molecule has 0 aliphatic heterocycles. The van der Waals surface area contributed by atoms with Crippen LogP contribution in [-0.4, -0.2) is 27.7 Å². The van der Waals surface area contributed by atoms with Crippen LogP contribution in [0.4, 0.5) is 0 Å². The lowest BCUT2D eigenvalue weighted by molar-refractivity contribution is -0.122. The molecule has 2 unspecified atom stereocenters. The molecule has 0 fully saturated rings. The van der Waals surface area contributed by atoms with Gasteiger partial charge < -0.3 is 11.5 Å². The van der Waals surface area contributed by atoms with Gasteiger partial charge in [-0.3, -0.25) is 9.00 Å². The zero-order valence-electron chi connectivity index (χ0n) is 6.79. The van der Waals surface area contributed by atoms with Gasteiger partial charge in [-0.15, -0.1) is 0 Å². The van der Waals surface area contributed by atoms with E-state index in [4.69, 9.17) is 11.5 Å². The van der Waals surface area contributed by atoms with Gasteiger partial charge in [-0.25, -0.2) is 0 Å². The molecule has 0 saturated heterocycles. The summed E-state index contributed by atoms with van der Waals surface area (Å²) in [5.74, 6) is -0.140. The van der Waals surface area contributed by atoms with Crippen LogP contribution in [-0.2, 0) is 15.6 Å². The van der Waals surface area contributed by atoms with Crippen molar-refractivity contribution in [1.29, 1.82) is 0 Å². The highest BCUT2D eigenvalue weighted by molar-refractivity contribution is 7.84. The lowest BCUT2D eigenvalue weighted by atomic mass is 10.0. The molecule has 0 radical (unpaired) electrons. The van der Waals surface area contributed by atoms with Crippen LogP contribution in [0.3, 0.4) is 0 Å². The van der Waals surface area contributed by atoms with Crippen molar-refractivity contribution in [1.82, 2.24) is 0 Å². The Morgan fingerprint density at radius 1 is 1.64 bits per heavy atom. The van der Waals surface area contributed by atoms with Crippen molar-refractivity contribution in [2.45, 2.75) is 18.9 Å². The fraction of sp³-hybridized carbons (Fsp3) is 0.833. The molecule has 0 aliphatic rings. The molecule has 5 heteroatoms. The fourth-order valence-corrected chi connectivity index (χ4v) is 1.19. The van der Waals surface area contributed by atoms with E-state index < -0.39 is 22.2 Å². The summed E-state index contributed by atoms with van der Waals surface area (Å²) in [5.41, 5.74) is 9.47. The van der Waals surface area contributed by atoms with Crippen molar-refractivity contribution in [2.24, 2.45) is 11.5 Å². The van der Waals surface area contributed by atoms with Crippen LogP contribution in [0.2, 0.25) is 0 Å². The van der Waals surface area contributed by atoms with Crippen LogP contribution in [0.15, 0.2) is 0 Å². The highest BCUT2D eigenvalue weighted by Gasteiger charge is 2.25. The zero-order chi connectivity index (χ0) is 9.07. The molecule has 0 heterocycles. The second-order valence-electron chi connectivity index (χ2n) is 2.81. The molecule has 0 aromatic heterocycles. The predicted octanol–water partition coefficient (Wildman–Crippen LogP) is -1.04. The van der Waals surface area contributed by atoms with Gasteiger partial charge >= 0.3 is 0 Å². The van der Waals surface area contributed by atoms with Gasteiger partial charge in [0.15, 0.2) is 0 Å². The maximum Gasteiger partial charge on any atom is 0.237 e. The van der Waals surface area contributed by atoms with Gasteiger partial charge in [0.1, 0.15) is 0 Å². The number of nitrogens with two attached hydrogens (primary N) is 2. The third-order valence-corrected chi connectivity index (χ3v) is 2.25. The average molecular weight is 178 g/mol. The number of carbonyl (C=O) groups is 1. The molecule has 0 bridgehead atoms. The van der Waals surface area contributed by atoms with Gasteiger partial charge in [-0.05, 0) is 13.3 Å². The van der Waals surface area contributed by atoms with Gasteiger partial charge in [0.2, 0.25) is 5.91 Å². The second-order valence-corrected chi connectivity index (χ2v) is 4.36. The smallest absolute Gasteiger partial charge is 0.237 e. The van der Waals surface area contributed by atoms with Crippen molar-refractivity contribution in [2.75, 3.05) is 12.0 Å². The van der Waals surface area contributed by atoms with E-state index in [0.717, 1.165) is 0 Å². The molecule has 0 aromatic rings. The molecule has 2 atom stereocenters. The van der Waals surface area contributed by atoms with Gasteiger partial charge in [0.05, 0.1) is 5.54 Å². The standard InChI is InChI=1S/C6H14N2O2S/c1-6(8,5(7)9)3-4-11(2)10/h3-4,8H2,1-2H3,(H2,7,9). The Labute approximate surface area is 68.8 Å². The Morgan fingerprint density at radius 3 is 2.36 bits per heavy atom. The largest absolute Gasteiger partial charge is 0.368 e. The molecule has 1 amide bonds. The molecular formula is C6H14N2O2S. The topological polar surface area (TPSA) is 86.2 Å². The van der Waals surface area contributed by atoms with Crippen molar-refractivity contribution >= 4 is 16.7 Å². The predicted molar refractivity (Wildman–Crippen MR) is 45.3 cm³/mol. The maximum absolute atomic E-state index is 10.6. The summed E-state index contributed by atoms with van der Waals surface area (Å²) < 4.78 is 10.6. The molecule has 0 spiro atoms.